The molecule has 0 aliphatic carbocycles. The third kappa shape index (κ3) is 2.79. The second kappa shape index (κ2) is 5.06. The maximum atomic E-state index is 11.8. The van der Waals surface area contributed by atoms with Gasteiger partial charge in [-0.1, -0.05) is 23.4 Å². The van der Waals surface area contributed by atoms with Gasteiger partial charge in [0.15, 0.2) is 10.9 Å². The molecule has 1 atom stereocenters. The number of halogens is 1. The third-order valence-electron chi connectivity index (χ3n) is 2.42. The standard InChI is InChI=1S/C11H11ClN2O2S/c1-7(15)17-8-5-10(16)14(6-8)11-9(12)3-2-4-13-11/h2-4,8H,5-6H2,1H3. The lowest BCUT2D eigenvalue weighted by atomic mass is 10.4. The fourth-order valence-corrected chi connectivity index (χ4v) is 2.91. The van der Waals surface area contributed by atoms with Crippen LogP contribution in [-0.4, -0.2) is 27.8 Å². The monoisotopic (exact) mass is 270 g/mol. The van der Waals surface area contributed by atoms with Gasteiger partial charge in [0.1, 0.15) is 0 Å². The molecule has 17 heavy (non-hydrogen) atoms. The van der Waals surface area contributed by atoms with Gasteiger partial charge in [-0.05, 0) is 12.1 Å². The molecular formula is C11H11ClN2O2S. The molecule has 1 aliphatic heterocycles. The van der Waals surface area contributed by atoms with Gasteiger partial charge in [0.25, 0.3) is 0 Å². The van der Waals surface area contributed by atoms with Crippen molar-refractivity contribution >= 4 is 40.2 Å². The van der Waals surface area contributed by atoms with E-state index in [9.17, 15) is 9.59 Å². The van der Waals surface area contributed by atoms with Crippen LogP contribution in [0, 0.1) is 0 Å². The van der Waals surface area contributed by atoms with Gasteiger partial charge in [-0.25, -0.2) is 4.98 Å². The molecule has 1 unspecified atom stereocenters. The molecule has 0 radical (unpaired) electrons. The van der Waals surface area contributed by atoms with Crippen molar-refractivity contribution in [1.82, 2.24) is 4.98 Å². The molecule has 2 rings (SSSR count). The SMILES string of the molecule is CC(=O)SC1CC(=O)N(c2ncccc2Cl)C1. The fraction of sp³-hybridized carbons (Fsp3) is 0.364. The van der Waals surface area contributed by atoms with Crippen LogP contribution in [0.5, 0.6) is 0 Å². The lowest BCUT2D eigenvalue weighted by Gasteiger charge is -2.16. The molecule has 6 heteroatoms. The Labute approximate surface area is 108 Å². The van der Waals surface area contributed by atoms with Crippen molar-refractivity contribution in [2.24, 2.45) is 0 Å². The molecule has 1 aromatic heterocycles. The summed E-state index contributed by atoms with van der Waals surface area (Å²) in [6.07, 6.45) is 1.96. The number of hydrogen-bond acceptors (Lipinski definition) is 4. The van der Waals surface area contributed by atoms with Crippen LogP contribution in [0.1, 0.15) is 13.3 Å². The summed E-state index contributed by atoms with van der Waals surface area (Å²) in [4.78, 5) is 28.5. The molecule has 4 nitrogen and oxygen atoms in total. The van der Waals surface area contributed by atoms with Gasteiger partial charge in [0.05, 0.1) is 5.02 Å². The average molecular weight is 271 g/mol. The number of rotatable bonds is 2. The van der Waals surface area contributed by atoms with Crippen molar-refractivity contribution in [1.29, 1.82) is 0 Å². The number of amides is 1. The number of hydrogen-bond donors (Lipinski definition) is 0. The van der Waals surface area contributed by atoms with E-state index in [-0.39, 0.29) is 16.3 Å². The van der Waals surface area contributed by atoms with Crippen LogP contribution in [-0.2, 0) is 9.59 Å². The second-order valence-electron chi connectivity index (χ2n) is 3.75. The molecule has 1 saturated heterocycles. The molecule has 1 amide bonds. The van der Waals surface area contributed by atoms with Crippen LogP contribution in [0.2, 0.25) is 5.02 Å². The Morgan fingerprint density at radius 2 is 2.41 bits per heavy atom. The van der Waals surface area contributed by atoms with Gasteiger partial charge >= 0.3 is 0 Å². The molecule has 0 bridgehead atoms. The van der Waals surface area contributed by atoms with E-state index in [2.05, 4.69) is 4.98 Å². The Hall–Kier alpha value is -1.07. The van der Waals surface area contributed by atoms with Gasteiger partial charge in [-0.2, -0.15) is 0 Å². The highest BCUT2D eigenvalue weighted by atomic mass is 35.5. The summed E-state index contributed by atoms with van der Waals surface area (Å²) in [5.74, 6) is 0.440. The zero-order valence-electron chi connectivity index (χ0n) is 9.22. The first-order valence-electron chi connectivity index (χ1n) is 5.16. The van der Waals surface area contributed by atoms with Crippen molar-refractivity contribution in [2.45, 2.75) is 18.6 Å². The predicted molar refractivity (Wildman–Crippen MR) is 68.3 cm³/mol. The van der Waals surface area contributed by atoms with Crippen LogP contribution >= 0.6 is 23.4 Å². The molecule has 2 heterocycles. The number of carbonyl (C=O) groups is 2. The highest BCUT2D eigenvalue weighted by Crippen LogP contribution is 2.31. The first kappa shape index (κ1) is 12.4. The highest BCUT2D eigenvalue weighted by Gasteiger charge is 2.33. The number of anilines is 1. The van der Waals surface area contributed by atoms with Gasteiger partial charge in [-0.3, -0.25) is 14.5 Å². The van der Waals surface area contributed by atoms with Crippen LogP contribution in [0.4, 0.5) is 5.82 Å². The van der Waals surface area contributed by atoms with Crippen LogP contribution in [0.15, 0.2) is 18.3 Å². The molecule has 0 N–H and O–H groups in total. The molecular weight excluding hydrogens is 260 g/mol. The fourth-order valence-electron chi connectivity index (χ4n) is 1.77. The zero-order chi connectivity index (χ0) is 12.4. The van der Waals surface area contributed by atoms with Gasteiger partial charge < -0.3 is 0 Å². The van der Waals surface area contributed by atoms with Crippen LogP contribution < -0.4 is 4.90 Å². The summed E-state index contributed by atoms with van der Waals surface area (Å²) in [6, 6.07) is 3.41. The second-order valence-corrected chi connectivity index (χ2v) is 5.63. The topological polar surface area (TPSA) is 50.3 Å². The first-order valence-corrected chi connectivity index (χ1v) is 6.42. The van der Waals surface area contributed by atoms with Crippen LogP contribution in [0.25, 0.3) is 0 Å². The number of aromatic nitrogens is 1. The molecule has 90 valence electrons. The minimum atomic E-state index is -0.0376. The van der Waals surface area contributed by atoms with Crippen molar-refractivity contribution in [3.05, 3.63) is 23.4 Å². The Morgan fingerprint density at radius 1 is 1.65 bits per heavy atom. The summed E-state index contributed by atoms with van der Waals surface area (Å²) in [6.45, 7) is 1.99. The Kier molecular flexibility index (Phi) is 3.69. The van der Waals surface area contributed by atoms with E-state index < -0.39 is 0 Å². The summed E-state index contributed by atoms with van der Waals surface area (Å²) in [5, 5.41) is 0.476. The molecule has 1 aromatic rings. The summed E-state index contributed by atoms with van der Waals surface area (Å²) < 4.78 is 0. The van der Waals surface area contributed by atoms with E-state index in [0.717, 1.165) is 0 Å². The smallest absolute Gasteiger partial charge is 0.229 e. The van der Waals surface area contributed by atoms with Crippen molar-refractivity contribution in [3.8, 4) is 0 Å². The third-order valence-corrected chi connectivity index (χ3v) is 3.69. The molecule has 1 aliphatic rings. The number of nitrogens with zero attached hydrogens (tertiary/aromatic N) is 2. The van der Waals surface area contributed by atoms with E-state index in [4.69, 9.17) is 11.6 Å². The zero-order valence-corrected chi connectivity index (χ0v) is 10.8. The predicted octanol–water partition coefficient (Wildman–Crippen LogP) is 2.12. The number of thioether (sulfide) groups is 1. The molecule has 0 aromatic carbocycles. The highest BCUT2D eigenvalue weighted by molar-refractivity contribution is 8.14. The van der Waals surface area contributed by atoms with Gasteiger partial charge in [-0.15, -0.1) is 0 Å². The molecule has 1 fully saturated rings. The maximum Gasteiger partial charge on any atom is 0.229 e. The van der Waals surface area contributed by atoms with Crippen molar-refractivity contribution in [3.63, 3.8) is 0 Å². The van der Waals surface area contributed by atoms with E-state index >= 15 is 0 Å². The van der Waals surface area contributed by atoms with E-state index in [1.807, 2.05) is 0 Å². The quantitative estimate of drug-likeness (QED) is 0.826. The van der Waals surface area contributed by atoms with Gasteiger partial charge in [0.2, 0.25) is 5.91 Å². The Morgan fingerprint density at radius 3 is 3.06 bits per heavy atom. The van der Waals surface area contributed by atoms with Crippen molar-refractivity contribution < 1.29 is 9.59 Å². The lowest BCUT2D eigenvalue weighted by Crippen LogP contribution is -2.26. The van der Waals surface area contributed by atoms with E-state index in [1.165, 1.54) is 18.7 Å². The largest absolute Gasteiger partial charge is 0.294 e. The molecule has 0 spiro atoms. The minimum Gasteiger partial charge on any atom is -0.294 e. The summed E-state index contributed by atoms with van der Waals surface area (Å²) in [7, 11) is 0. The van der Waals surface area contributed by atoms with E-state index in [1.54, 1.807) is 23.2 Å². The van der Waals surface area contributed by atoms with Crippen molar-refractivity contribution in [2.75, 3.05) is 11.4 Å². The summed E-state index contributed by atoms with van der Waals surface area (Å²) >= 11 is 7.19. The van der Waals surface area contributed by atoms with Crippen LogP contribution in [0.3, 0.4) is 0 Å². The number of carbonyl (C=O) groups excluding carboxylic acids is 2. The normalized spacial score (nSPS) is 19.8. The van der Waals surface area contributed by atoms with E-state index in [0.29, 0.717) is 23.8 Å². The maximum absolute atomic E-state index is 11.8. The Bertz CT molecular complexity index is 467. The number of pyridine rings is 1. The molecule has 0 saturated carbocycles. The Balaban J connectivity index is 2.16. The van der Waals surface area contributed by atoms with Gasteiger partial charge in [0, 0.05) is 31.3 Å². The summed E-state index contributed by atoms with van der Waals surface area (Å²) in [5.41, 5.74) is 0. The lowest BCUT2D eigenvalue weighted by molar-refractivity contribution is -0.117. The first-order chi connectivity index (χ1) is 8.08. The minimum absolute atomic E-state index is 0.00178. The average Bonchev–Trinajstić information content (AvgIpc) is 2.59.